The molecule has 1 amide bonds. The molecule has 1 fully saturated rings. The first-order valence-corrected chi connectivity index (χ1v) is 5.33. The Balaban J connectivity index is 0.00000128. The average Bonchev–Trinajstić information content (AvgIpc) is 2.25. The van der Waals surface area contributed by atoms with Crippen LogP contribution in [0.1, 0.15) is 0 Å². The highest BCUT2D eigenvalue weighted by atomic mass is 35.5. The van der Waals surface area contributed by atoms with Crippen molar-refractivity contribution >= 4 is 36.0 Å². The van der Waals surface area contributed by atoms with Crippen molar-refractivity contribution in [2.45, 2.75) is 11.4 Å². The molecule has 8 heteroatoms. The molecule has 0 radical (unpaired) electrons. The number of hydrogen-bond acceptors (Lipinski definition) is 5. The monoisotopic (exact) mass is 266 g/mol. The van der Waals surface area contributed by atoms with Gasteiger partial charge in [-0.3, -0.25) is 9.69 Å². The normalized spacial score (nSPS) is 27.9. The van der Waals surface area contributed by atoms with Crippen LogP contribution in [0.5, 0.6) is 0 Å². The maximum absolute atomic E-state index is 11.4. The number of halogens is 1. The van der Waals surface area contributed by atoms with Crippen molar-refractivity contribution < 1.29 is 19.4 Å². The fourth-order valence-corrected chi connectivity index (χ4v) is 2.90. The lowest BCUT2D eigenvalue weighted by Gasteiger charge is -2.47. The van der Waals surface area contributed by atoms with Crippen LogP contribution in [0.3, 0.4) is 0 Å². The Hall–Kier alpha value is -0.920. The SMILES string of the molecule is COC1=C(C(=O)O)N2C(=O)C(N)[C@@H]2SC1.Cl. The summed E-state index contributed by atoms with van der Waals surface area (Å²) in [6.45, 7) is 0. The van der Waals surface area contributed by atoms with E-state index in [0.717, 1.165) is 0 Å². The number of fused-ring (bicyclic) bond motifs is 1. The quantitative estimate of drug-likeness (QED) is 0.660. The first kappa shape index (κ1) is 13.1. The van der Waals surface area contributed by atoms with Crippen molar-refractivity contribution in [2.75, 3.05) is 12.9 Å². The van der Waals surface area contributed by atoms with Crippen LogP contribution in [0.4, 0.5) is 0 Å². The molecule has 0 spiro atoms. The molecule has 2 aliphatic heterocycles. The number of rotatable bonds is 2. The minimum absolute atomic E-state index is 0. The Kier molecular flexibility index (Phi) is 3.72. The van der Waals surface area contributed by atoms with Gasteiger partial charge in [-0.1, -0.05) is 0 Å². The van der Waals surface area contributed by atoms with Crippen molar-refractivity contribution in [1.29, 1.82) is 0 Å². The van der Waals surface area contributed by atoms with E-state index >= 15 is 0 Å². The fraction of sp³-hybridized carbons (Fsp3) is 0.500. The standard InChI is InChI=1S/C8H10N2O4S.ClH/c1-14-3-2-15-7-4(9)6(11)10(7)5(3)8(12)13;/h4,7H,2,9H2,1H3,(H,12,13);1H/t4?,7-;/m0./s1. The molecule has 0 aromatic carbocycles. The van der Waals surface area contributed by atoms with Gasteiger partial charge in [0.1, 0.15) is 17.2 Å². The van der Waals surface area contributed by atoms with Crippen molar-refractivity contribution in [3.8, 4) is 0 Å². The lowest BCUT2D eigenvalue weighted by Crippen LogP contribution is -2.68. The molecule has 0 aromatic heterocycles. The number of ether oxygens (including phenoxy) is 1. The number of carboxylic acid groups (broad SMARTS) is 1. The molecular weight excluding hydrogens is 256 g/mol. The first-order chi connectivity index (χ1) is 7.07. The molecule has 0 saturated carbocycles. The lowest BCUT2D eigenvalue weighted by molar-refractivity contribution is -0.148. The molecule has 1 saturated heterocycles. The number of β-lactam (4-membered cyclic amide) rings is 1. The summed E-state index contributed by atoms with van der Waals surface area (Å²) in [5.41, 5.74) is 5.48. The number of carbonyl (C=O) groups is 2. The first-order valence-electron chi connectivity index (χ1n) is 4.28. The van der Waals surface area contributed by atoms with Gasteiger partial charge in [-0.05, 0) is 0 Å². The van der Waals surface area contributed by atoms with Crippen LogP contribution < -0.4 is 5.73 Å². The van der Waals surface area contributed by atoms with Gasteiger partial charge in [0.15, 0.2) is 5.70 Å². The third-order valence-electron chi connectivity index (χ3n) is 2.42. The van der Waals surface area contributed by atoms with Gasteiger partial charge in [-0.15, -0.1) is 24.2 Å². The Morgan fingerprint density at radius 3 is 2.81 bits per heavy atom. The van der Waals surface area contributed by atoms with Crippen LogP contribution >= 0.6 is 24.2 Å². The molecule has 2 aliphatic rings. The maximum atomic E-state index is 11.4. The number of thioether (sulfide) groups is 1. The van der Waals surface area contributed by atoms with Gasteiger partial charge in [-0.25, -0.2) is 4.79 Å². The minimum Gasteiger partial charge on any atom is -0.498 e. The summed E-state index contributed by atoms with van der Waals surface area (Å²) in [7, 11) is 1.39. The summed E-state index contributed by atoms with van der Waals surface area (Å²) in [6.07, 6.45) is 0. The van der Waals surface area contributed by atoms with Gasteiger partial charge in [0.05, 0.1) is 12.9 Å². The van der Waals surface area contributed by atoms with Crippen LogP contribution in [0.15, 0.2) is 11.5 Å². The van der Waals surface area contributed by atoms with E-state index in [2.05, 4.69) is 0 Å². The fourth-order valence-electron chi connectivity index (χ4n) is 1.64. The summed E-state index contributed by atoms with van der Waals surface area (Å²) in [5.74, 6) is -0.777. The predicted molar refractivity (Wildman–Crippen MR) is 60.0 cm³/mol. The van der Waals surface area contributed by atoms with Crippen LogP contribution in [-0.4, -0.2) is 46.2 Å². The highest BCUT2D eigenvalue weighted by Gasteiger charge is 2.52. The average molecular weight is 267 g/mol. The predicted octanol–water partition coefficient (Wildman–Crippen LogP) is -0.407. The van der Waals surface area contributed by atoms with E-state index in [1.165, 1.54) is 23.8 Å². The van der Waals surface area contributed by atoms with Crippen LogP contribution in [-0.2, 0) is 14.3 Å². The number of nitrogens with two attached hydrogens (primary N) is 1. The Morgan fingerprint density at radius 2 is 2.31 bits per heavy atom. The molecule has 2 heterocycles. The number of nitrogens with zero attached hydrogens (tertiary/aromatic N) is 1. The number of hydrogen-bond donors (Lipinski definition) is 2. The van der Waals surface area contributed by atoms with Crippen molar-refractivity contribution in [3.05, 3.63) is 11.5 Å². The molecule has 2 rings (SSSR count). The maximum Gasteiger partial charge on any atom is 0.356 e. The number of aliphatic carboxylic acids is 1. The summed E-state index contributed by atoms with van der Waals surface area (Å²) < 4.78 is 4.94. The highest BCUT2D eigenvalue weighted by molar-refractivity contribution is 8.00. The third kappa shape index (κ3) is 1.64. The molecule has 0 bridgehead atoms. The second-order valence-electron chi connectivity index (χ2n) is 3.22. The zero-order valence-corrected chi connectivity index (χ0v) is 10.0. The second kappa shape index (κ2) is 4.52. The Morgan fingerprint density at radius 1 is 1.69 bits per heavy atom. The molecule has 2 atom stereocenters. The lowest BCUT2D eigenvalue weighted by atomic mass is 10.1. The molecule has 0 aliphatic carbocycles. The summed E-state index contributed by atoms with van der Waals surface area (Å²) >= 11 is 1.41. The van der Waals surface area contributed by atoms with E-state index in [4.69, 9.17) is 15.6 Å². The zero-order chi connectivity index (χ0) is 11.2. The van der Waals surface area contributed by atoms with E-state index in [-0.39, 0.29) is 29.4 Å². The van der Waals surface area contributed by atoms with Gasteiger partial charge < -0.3 is 15.6 Å². The molecule has 90 valence electrons. The molecule has 16 heavy (non-hydrogen) atoms. The zero-order valence-electron chi connectivity index (χ0n) is 8.37. The molecular formula is C8H11ClN2O4S. The van der Waals surface area contributed by atoms with E-state index in [1.54, 1.807) is 0 Å². The van der Waals surface area contributed by atoms with Crippen LogP contribution in [0.2, 0.25) is 0 Å². The van der Waals surface area contributed by atoms with E-state index in [9.17, 15) is 9.59 Å². The minimum atomic E-state index is -1.16. The van der Waals surface area contributed by atoms with Crippen molar-refractivity contribution in [3.63, 3.8) is 0 Å². The molecule has 1 unspecified atom stereocenters. The number of carbonyl (C=O) groups excluding carboxylic acids is 1. The van der Waals surface area contributed by atoms with Gasteiger partial charge in [0.25, 0.3) is 0 Å². The van der Waals surface area contributed by atoms with Gasteiger partial charge in [-0.2, -0.15) is 0 Å². The van der Waals surface area contributed by atoms with E-state index < -0.39 is 12.0 Å². The highest BCUT2D eigenvalue weighted by Crippen LogP contribution is 2.39. The van der Waals surface area contributed by atoms with Crippen molar-refractivity contribution in [1.82, 2.24) is 4.90 Å². The molecule has 0 aromatic rings. The summed E-state index contributed by atoms with van der Waals surface area (Å²) in [5, 5.41) is 8.72. The Labute approximate surface area is 102 Å². The largest absolute Gasteiger partial charge is 0.498 e. The summed E-state index contributed by atoms with van der Waals surface area (Å²) in [6, 6.07) is -0.595. The topological polar surface area (TPSA) is 92.9 Å². The summed E-state index contributed by atoms with van der Waals surface area (Å²) in [4.78, 5) is 23.6. The van der Waals surface area contributed by atoms with Gasteiger partial charge in [0.2, 0.25) is 5.91 Å². The molecule has 3 N–H and O–H groups in total. The van der Waals surface area contributed by atoms with E-state index in [0.29, 0.717) is 11.5 Å². The van der Waals surface area contributed by atoms with Crippen LogP contribution in [0.25, 0.3) is 0 Å². The smallest absolute Gasteiger partial charge is 0.356 e. The third-order valence-corrected chi connectivity index (χ3v) is 3.70. The number of amides is 1. The second-order valence-corrected chi connectivity index (χ2v) is 4.32. The molecule has 6 nitrogen and oxygen atoms in total. The van der Waals surface area contributed by atoms with Gasteiger partial charge in [0, 0.05) is 0 Å². The van der Waals surface area contributed by atoms with Gasteiger partial charge >= 0.3 is 5.97 Å². The van der Waals surface area contributed by atoms with E-state index in [1.807, 2.05) is 0 Å². The Bertz CT molecular complexity index is 373. The van der Waals surface area contributed by atoms with Crippen molar-refractivity contribution in [2.24, 2.45) is 5.73 Å². The van der Waals surface area contributed by atoms with Crippen LogP contribution in [0, 0.1) is 0 Å². The number of methoxy groups -OCH3 is 1. The number of carboxylic acids is 1.